The highest BCUT2D eigenvalue weighted by atomic mass is 16.2. The van der Waals surface area contributed by atoms with Gasteiger partial charge in [-0.05, 0) is 12.8 Å². The lowest BCUT2D eigenvalue weighted by Crippen LogP contribution is -2.46. The van der Waals surface area contributed by atoms with Gasteiger partial charge in [0.2, 0.25) is 5.91 Å². The van der Waals surface area contributed by atoms with Crippen molar-refractivity contribution in [3.8, 4) is 12.3 Å². The lowest BCUT2D eigenvalue weighted by atomic mass is 10.2. The number of carbonyl (C=O) groups excluding carboxylic acids is 1. The van der Waals surface area contributed by atoms with Crippen molar-refractivity contribution >= 4 is 5.91 Å². The third-order valence-electron chi connectivity index (χ3n) is 3.35. The third kappa shape index (κ3) is 6.04. The van der Waals surface area contributed by atoms with Crippen molar-refractivity contribution < 1.29 is 4.79 Å². The van der Waals surface area contributed by atoms with Gasteiger partial charge < -0.3 is 10.2 Å². The molecule has 0 unspecified atom stereocenters. The molecule has 0 aromatic carbocycles. The first-order valence-electron chi connectivity index (χ1n) is 6.84. The van der Waals surface area contributed by atoms with Crippen LogP contribution in [0.15, 0.2) is 0 Å². The van der Waals surface area contributed by atoms with Crippen LogP contribution in [0, 0.1) is 12.3 Å². The Morgan fingerprint density at radius 2 is 2.11 bits per heavy atom. The quantitative estimate of drug-likeness (QED) is 0.530. The van der Waals surface area contributed by atoms with Crippen molar-refractivity contribution in [2.45, 2.75) is 25.7 Å². The number of likely N-dealkylation sites (N-methyl/N-ethyl adjacent to an activating group) is 1. The van der Waals surface area contributed by atoms with Crippen LogP contribution >= 0.6 is 0 Å². The molecule has 4 nitrogen and oxygen atoms in total. The highest BCUT2D eigenvalue weighted by Gasteiger charge is 2.12. The summed E-state index contributed by atoms with van der Waals surface area (Å²) in [6, 6.07) is 0. The van der Waals surface area contributed by atoms with E-state index >= 15 is 0 Å². The normalized spacial score (nSPS) is 16.2. The van der Waals surface area contributed by atoms with E-state index in [2.05, 4.69) is 16.1 Å². The van der Waals surface area contributed by atoms with Crippen LogP contribution in [0.4, 0.5) is 0 Å². The van der Waals surface area contributed by atoms with Crippen LogP contribution in [-0.4, -0.2) is 62.0 Å². The Kier molecular flexibility index (Phi) is 7.47. The minimum Gasteiger partial charge on any atom is -0.344 e. The Hall–Kier alpha value is -1.05. The lowest BCUT2D eigenvalue weighted by Gasteiger charge is -2.29. The number of piperazine rings is 1. The molecule has 0 saturated carbocycles. The van der Waals surface area contributed by atoms with Gasteiger partial charge in [-0.3, -0.25) is 9.69 Å². The average Bonchev–Trinajstić information content (AvgIpc) is 2.42. The monoisotopic (exact) mass is 251 g/mol. The molecule has 1 rings (SSSR count). The summed E-state index contributed by atoms with van der Waals surface area (Å²) in [6.45, 7) is 6.10. The molecule has 1 saturated heterocycles. The number of amides is 1. The molecule has 1 fully saturated rings. The first kappa shape index (κ1) is 15.0. The second kappa shape index (κ2) is 8.96. The number of unbranched alkanes of at least 4 members (excludes halogenated alkanes) is 2. The molecular weight excluding hydrogens is 226 g/mol. The van der Waals surface area contributed by atoms with Gasteiger partial charge in [0, 0.05) is 59.2 Å². The lowest BCUT2D eigenvalue weighted by molar-refractivity contribution is -0.130. The maximum atomic E-state index is 11.8. The molecule has 1 aliphatic rings. The minimum absolute atomic E-state index is 0.238. The van der Waals surface area contributed by atoms with E-state index in [1.54, 1.807) is 0 Å². The Morgan fingerprint density at radius 1 is 1.39 bits per heavy atom. The average molecular weight is 251 g/mol. The number of nitrogens with one attached hydrogen (secondary N) is 1. The fourth-order valence-corrected chi connectivity index (χ4v) is 2.05. The zero-order chi connectivity index (χ0) is 13.2. The minimum atomic E-state index is 0.238. The van der Waals surface area contributed by atoms with Gasteiger partial charge in [-0.2, -0.15) is 0 Å². The maximum Gasteiger partial charge on any atom is 0.222 e. The fourth-order valence-electron chi connectivity index (χ4n) is 2.05. The molecule has 0 spiro atoms. The van der Waals surface area contributed by atoms with Crippen LogP contribution in [0.25, 0.3) is 0 Å². The summed E-state index contributed by atoms with van der Waals surface area (Å²) in [5, 5.41) is 3.33. The van der Waals surface area contributed by atoms with Gasteiger partial charge in [-0.15, -0.1) is 12.3 Å². The smallest absolute Gasteiger partial charge is 0.222 e. The molecule has 1 N–H and O–H groups in total. The molecule has 0 aromatic heterocycles. The van der Waals surface area contributed by atoms with E-state index < -0.39 is 0 Å². The molecule has 0 radical (unpaired) electrons. The Bertz CT molecular complexity index is 279. The standard InChI is InChI=1S/C14H25N3O/c1-3-4-5-6-7-14(18)16(2)12-13-17-10-8-15-9-11-17/h1,15H,4-13H2,2H3. The predicted octanol–water partition coefficient (Wildman–Crippen LogP) is 0.544. The summed E-state index contributed by atoms with van der Waals surface area (Å²) >= 11 is 0. The van der Waals surface area contributed by atoms with Gasteiger partial charge in [0.25, 0.3) is 0 Å². The van der Waals surface area contributed by atoms with Gasteiger partial charge in [-0.25, -0.2) is 0 Å². The maximum absolute atomic E-state index is 11.8. The predicted molar refractivity (Wildman–Crippen MR) is 74.2 cm³/mol. The van der Waals surface area contributed by atoms with Gasteiger partial charge in [-0.1, -0.05) is 0 Å². The van der Waals surface area contributed by atoms with Crippen LogP contribution in [0.1, 0.15) is 25.7 Å². The summed E-state index contributed by atoms with van der Waals surface area (Å²) in [5.74, 6) is 2.84. The molecule has 4 heteroatoms. The molecule has 18 heavy (non-hydrogen) atoms. The van der Waals surface area contributed by atoms with E-state index in [1.807, 2.05) is 11.9 Å². The fraction of sp³-hybridized carbons (Fsp3) is 0.786. The molecule has 0 bridgehead atoms. The van der Waals surface area contributed by atoms with Crippen molar-refractivity contribution in [2.24, 2.45) is 0 Å². The number of carbonyl (C=O) groups is 1. The van der Waals surface area contributed by atoms with Gasteiger partial charge in [0.15, 0.2) is 0 Å². The van der Waals surface area contributed by atoms with Crippen LogP contribution in [0.2, 0.25) is 0 Å². The van der Waals surface area contributed by atoms with Crippen molar-refractivity contribution in [3.05, 3.63) is 0 Å². The van der Waals surface area contributed by atoms with E-state index in [9.17, 15) is 4.79 Å². The summed E-state index contributed by atoms with van der Waals surface area (Å²) in [4.78, 5) is 16.1. The summed E-state index contributed by atoms with van der Waals surface area (Å²) < 4.78 is 0. The van der Waals surface area contributed by atoms with E-state index in [1.165, 1.54) is 0 Å². The Morgan fingerprint density at radius 3 is 2.78 bits per heavy atom. The SMILES string of the molecule is C#CCCCCC(=O)N(C)CCN1CCNCC1. The third-order valence-corrected chi connectivity index (χ3v) is 3.35. The van der Waals surface area contributed by atoms with Gasteiger partial charge in [0.1, 0.15) is 0 Å². The van der Waals surface area contributed by atoms with Crippen molar-refractivity contribution in [1.29, 1.82) is 0 Å². The van der Waals surface area contributed by atoms with Crippen molar-refractivity contribution in [1.82, 2.24) is 15.1 Å². The van der Waals surface area contributed by atoms with Crippen LogP contribution in [0.5, 0.6) is 0 Å². The second-order valence-corrected chi connectivity index (χ2v) is 4.82. The molecule has 102 valence electrons. The van der Waals surface area contributed by atoms with E-state index in [0.29, 0.717) is 6.42 Å². The zero-order valence-electron chi connectivity index (χ0n) is 11.5. The van der Waals surface area contributed by atoms with E-state index in [4.69, 9.17) is 6.42 Å². The molecule has 1 aliphatic heterocycles. The second-order valence-electron chi connectivity index (χ2n) is 4.82. The Balaban J connectivity index is 2.09. The number of hydrogen-bond donors (Lipinski definition) is 1. The topological polar surface area (TPSA) is 35.6 Å². The number of hydrogen-bond acceptors (Lipinski definition) is 3. The van der Waals surface area contributed by atoms with E-state index in [0.717, 1.165) is 58.5 Å². The largest absolute Gasteiger partial charge is 0.344 e. The number of terminal acetylenes is 1. The number of rotatable bonds is 7. The molecule has 1 amide bonds. The Labute approximate surface area is 111 Å². The van der Waals surface area contributed by atoms with Crippen molar-refractivity contribution in [2.75, 3.05) is 46.3 Å². The molecule has 0 atom stereocenters. The molecule has 0 aliphatic carbocycles. The van der Waals surface area contributed by atoms with Gasteiger partial charge in [0.05, 0.1) is 0 Å². The van der Waals surface area contributed by atoms with Crippen molar-refractivity contribution in [3.63, 3.8) is 0 Å². The summed E-state index contributed by atoms with van der Waals surface area (Å²) in [7, 11) is 1.89. The highest BCUT2D eigenvalue weighted by molar-refractivity contribution is 5.75. The highest BCUT2D eigenvalue weighted by Crippen LogP contribution is 2.02. The van der Waals surface area contributed by atoms with Crippen LogP contribution < -0.4 is 5.32 Å². The van der Waals surface area contributed by atoms with Crippen LogP contribution in [0.3, 0.4) is 0 Å². The van der Waals surface area contributed by atoms with Crippen LogP contribution in [-0.2, 0) is 4.79 Å². The summed E-state index contributed by atoms with van der Waals surface area (Å²) in [6.07, 6.45) is 8.44. The van der Waals surface area contributed by atoms with Gasteiger partial charge >= 0.3 is 0 Å². The first-order valence-corrected chi connectivity index (χ1v) is 6.84. The molecule has 0 aromatic rings. The molecule has 1 heterocycles. The van der Waals surface area contributed by atoms with E-state index in [-0.39, 0.29) is 5.91 Å². The number of nitrogens with zero attached hydrogens (tertiary/aromatic N) is 2. The summed E-state index contributed by atoms with van der Waals surface area (Å²) in [5.41, 5.74) is 0. The first-order chi connectivity index (χ1) is 8.74. The molecular formula is C14H25N3O. The zero-order valence-corrected chi connectivity index (χ0v) is 11.5.